The average Bonchev–Trinajstić information content (AvgIpc) is 2.97. The molecule has 0 bridgehead atoms. The molecule has 1 saturated heterocycles. The molecule has 2 unspecified atom stereocenters. The fourth-order valence-corrected chi connectivity index (χ4v) is 4.09. The number of aryl methyl sites for hydroxylation is 1. The maximum absolute atomic E-state index is 12.1. The molecule has 0 saturated carbocycles. The van der Waals surface area contributed by atoms with Crippen LogP contribution in [0.1, 0.15) is 31.7 Å². The van der Waals surface area contributed by atoms with Gasteiger partial charge in [0.05, 0.1) is 14.8 Å². The number of aliphatic hydroxyl groups is 1. The number of halogens is 2. The molecule has 112 valence electrons. The minimum atomic E-state index is -0.334. The summed E-state index contributed by atoms with van der Waals surface area (Å²) in [6.07, 6.45) is 2.65. The second kappa shape index (κ2) is 7.12. The zero-order chi connectivity index (χ0) is 14.7. The maximum atomic E-state index is 12.1. The van der Waals surface area contributed by atoms with Crippen LogP contribution in [0.4, 0.5) is 0 Å². The minimum Gasteiger partial charge on any atom is -0.393 e. The first-order valence-electron chi connectivity index (χ1n) is 6.87. The lowest BCUT2D eigenvalue weighted by Gasteiger charge is -2.17. The summed E-state index contributed by atoms with van der Waals surface area (Å²) in [6, 6.07) is 1.87. The molecule has 2 rings (SSSR count). The predicted molar refractivity (Wildman–Crippen MR) is 83.6 cm³/mol. The molecule has 1 aliphatic heterocycles. The molecule has 1 amide bonds. The van der Waals surface area contributed by atoms with Crippen LogP contribution in [0.5, 0.6) is 0 Å². The zero-order valence-electron chi connectivity index (χ0n) is 11.4. The number of carbonyl (C=O) groups is 1. The Bertz CT molecular complexity index is 476. The van der Waals surface area contributed by atoms with Crippen molar-refractivity contribution in [2.24, 2.45) is 5.92 Å². The Labute approximate surface area is 133 Å². The lowest BCUT2D eigenvalue weighted by Crippen LogP contribution is -2.30. The number of hydrogen-bond donors (Lipinski definition) is 1. The van der Waals surface area contributed by atoms with Gasteiger partial charge in [0.15, 0.2) is 0 Å². The normalized spacial score (nSPS) is 20.4. The summed E-state index contributed by atoms with van der Waals surface area (Å²) < 4.78 is 1.41. The van der Waals surface area contributed by atoms with E-state index in [0.717, 1.165) is 35.7 Å². The van der Waals surface area contributed by atoms with Crippen molar-refractivity contribution < 1.29 is 9.90 Å². The molecule has 3 nitrogen and oxygen atoms in total. The molecule has 1 N–H and O–H groups in total. The van der Waals surface area contributed by atoms with Gasteiger partial charge in [-0.05, 0) is 37.8 Å². The minimum absolute atomic E-state index is 0.172. The van der Waals surface area contributed by atoms with E-state index in [2.05, 4.69) is 0 Å². The molecule has 20 heavy (non-hydrogen) atoms. The van der Waals surface area contributed by atoms with Crippen LogP contribution in [-0.4, -0.2) is 35.1 Å². The van der Waals surface area contributed by atoms with Crippen molar-refractivity contribution in [1.82, 2.24) is 4.90 Å². The third-order valence-electron chi connectivity index (χ3n) is 3.82. The van der Waals surface area contributed by atoms with E-state index in [1.807, 2.05) is 11.0 Å². The van der Waals surface area contributed by atoms with Gasteiger partial charge in [-0.3, -0.25) is 4.79 Å². The van der Waals surface area contributed by atoms with Gasteiger partial charge in [-0.15, -0.1) is 11.3 Å². The molecule has 1 aliphatic rings. The lowest BCUT2D eigenvalue weighted by molar-refractivity contribution is -0.130. The Balaban J connectivity index is 1.75. The largest absolute Gasteiger partial charge is 0.393 e. The average molecular weight is 336 g/mol. The molecule has 0 radical (unpaired) electrons. The number of aliphatic hydroxyl groups excluding tert-OH is 1. The van der Waals surface area contributed by atoms with Gasteiger partial charge in [0.2, 0.25) is 5.91 Å². The van der Waals surface area contributed by atoms with Crippen LogP contribution >= 0.6 is 34.5 Å². The highest BCUT2D eigenvalue weighted by Crippen LogP contribution is 2.32. The third-order valence-corrected chi connectivity index (χ3v) is 5.39. The van der Waals surface area contributed by atoms with E-state index in [1.54, 1.807) is 6.92 Å². The molecule has 0 spiro atoms. The molecular weight excluding hydrogens is 317 g/mol. The van der Waals surface area contributed by atoms with Crippen LogP contribution < -0.4 is 0 Å². The summed E-state index contributed by atoms with van der Waals surface area (Å²) >= 11 is 13.3. The number of nitrogens with zero attached hydrogens (tertiary/aromatic N) is 1. The van der Waals surface area contributed by atoms with Gasteiger partial charge in [-0.2, -0.15) is 0 Å². The highest BCUT2D eigenvalue weighted by molar-refractivity contribution is 7.20. The molecule has 6 heteroatoms. The van der Waals surface area contributed by atoms with Gasteiger partial charge < -0.3 is 10.0 Å². The Morgan fingerprint density at radius 3 is 2.90 bits per heavy atom. The van der Waals surface area contributed by atoms with Crippen LogP contribution in [0.25, 0.3) is 0 Å². The topological polar surface area (TPSA) is 40.5 Å². The monoisotopic (exact) mass is 335 g/mol. The Kier molecular flexibility index (Phi) is 5.73. The van der Waals surface area contributed by atoms with E-state index in [1.165, 1.54) is 11.3 Å². The van der Waals surface area contributed by atoms with Crippen LogP contribution in [0, 0.1) is 5.92 Å². The van der Waals surface area contributed by atoms with Crippen molar-refractivity contribution in [2.75, 3.05) is 13.1 Å². The SMILES string of the molecule is CC(O)C1CCN(C(=O)CCCc2cc(Cl)sc2Cl)C1. The summed E-state index contributed by atoms with van der Waals surface area (Å²) in [5, 5.41) is 9.55. The second-order valence-corrected chi connectivity index (χ2v) is 7.62. The molecule has 1 aromatic rings. The smallest absolute Gasteiger partial charge is 0.222 e. The molecular formula is C14H19Cl2NO2S. The lowest BCUT2D eigenvalue weighted by atomic mass is 10.0. The number of carbonyl (C=O) groups excluding carboxylic acids is 1. The summed E-state index contributed by atoms with van der Waals surface area (Å²) in [4.78, 5) is 13.9. The van der Waals surface area contributed by atoms with E-state index >= 15 is 0 Å². The van der Waals surface area contributed by atoms with E-state index < -0.39 is 0 Å². The van der Waals surface area contributed by atoms with Gasteiger partial charge in [-0.1, -0.05) is 23.2 Å². The van der Waals surface area contributed by atoms with Gasteiger partial charge in [0.1, 0.15) is 0 Å². The van der Waals surface area contributed by atoms with Crippen molar-refractivity contribution in [3.63, 3.8) is 0 Å². The van der Waals surface area contributed by atoms with Gasteiger partial charge >= 0.3 is 0 Å². The van der Waals surface area contributed by atoms with Crippen LogP contribution in [0.3, 0.4) is 0 Å². The number of likely N-dealkylation sites (tertiary alicyclic amines) is 1. The van der Waals surface area contributed by atoms with Crippen LogP contribution in [0.15, 0.2) is 6.07 Å². The molecule has 1 fully saturated rings. The quantitative estimate of drug-likeness (QED) is 0.892. The molecule has 0 aliphatic carbocycles. The Morgan fingerprint density at radius 1 is 1.60 bits per heavy atom. The fourth-order valence-electron chi connectivity index (χ4n) is 2.54. The van der Waals surface area contributed by atoms with E-state index in [9.17, 15) is 9.90 Å². The highest BCUT2D eigenvalue weighted by Gasteiger charge is 2.28. The van der Waals surface area contributed by atoms with Crippen molar-refractivity contribution in [3.8, 4) is 0 Å². The number of hydrogen-bond acceptors (Lipinski definition) is 3. The van der Waals surface area contributed by atoms with Crippen LogP contribution in [0.2, 0.25) is 8.67 Å². The van der Waals surface area contributed by atoms with Crippen molar-refractivity contribution in [2.45, 2.75) is 38.7 Å². The first kappa shape index (κ1) is 16.1. The number of rotatable bonds is 5. The predicted octanol–water partition coefficient (Wildman–Crippen LogP) is 3.61. The summed E-state index contributed by atoms with van der Waals surface area (Å²) in [5.74, 6) is 0.398. The standard InChI is InChI=1S/C14H19Cl2NO2S/c1-9(18)11-5-6-17(8-11)13(19)4-2-3-10-7-12(15)20-14(10)16/h7,9,11,18H,2-6,8H2,1H3. The van der Waals surface area contributed by atoms with Crippen molar-refractivity contribution in [1.29, 1.82) is 0 Å². The Morgan fingerprint density at radius 2 is 2.35 bits per heavy atom. The maximum Gasteiger partial charge on any atom is 0.222 e. The van der Waals surface area contributed by atoms with Crippen molar-refractivity contribution >= 4 is 40.4 Å². The Hall–Kier alpha value is -0.290. The van der Waals surface area contributed by atoms with E-state index in [-0.39, 0.29) is 17.9 Å². The van der Waals surface area contributed by atoms with Gasteiger partial charge in [-0.25, -0.2) is 0 Å². The van der Waals surface area contributed by atoms with E-state index in [0.29, 0.717) is 17.3 Å². The third kappa shape index (κ3) is 4.10. The number of amides is 1. The first-order chi connectivity index (χ1) is 9.47. The molecule has 0 aromatic carbocycles. The van der Waals surface area contributed by atoms with Gasteiger partial charge in [0, 0.05) is 25.4 Å². The summed E-state index contributed by atoms with van der Waals surface area (Å²) in [5.41, 5.74) is 1.03. The second-order valence-electron chi connectivity index (χ2n) is 5.33. The molecule has 2 atom stereocenters. The van der Waals surface area contributed by atoms with Crippen molar-refractivity contribution in [3.05, 3.63) is 20.3 Å². The molecule has 1 aromatic heterocycles. The highest BCUT2D eigenvalue weighted by atomic mass is 35.5. The first-order valence-corrected chi connectivity index (χ1v) is 8.44. The van der Waals surface area contributed by atoms with Gasteiger partial charge in [0.25, 0.3) is 0 Å². The zero-order valence-corrected chi connectivity index (χ0v) is 13.8. The number of thiophene rings is 1. The fraction of sp³-hybridized carbons (Fsp3) is 0.643. The van der Waals surface area contributed by atoms with Crippen LogP contribution in [-0.2, 0) is 11.2 Å². The molecule has 2 heterocycles. The van der Waals surface area contributed by atoms with E-state index in [4.69, 9.17) is 23.2 Å². The summed E-state index contributed by atoms with van der Waals surface area (Å²) in [6.45, 7) is 3.24. The summed E-state index contributed by atoms with van der Waals surface area (Å²) in [7, 11) is 0.